The Kier molecular flexibility index (Phi) is 2.96. The second-order valence-electron chi connectivity index (χ2n) is 2.99. The van der Waals surface area contributed by atoms with Crippen molar-refractivity contribution in [1.82, 2.24) is 0 Å². The molecule has 3 rings (SSSR count). The fraction of sp³-hybridized carbons (Fsp3) is 0. The van der Waals surface area contributed by atoms with Gasteiger partial charge in [-0.15, -0.1) is 0 Å². The maximum absolute atomic E-state index is 3.55. The van der Waals surface area contributed by atoms with Crippen LogP contribution < -0.4 is 8.92 Å². The van der Waals surface area contributed by atoms with Gasteiger partial charge in [-0.2, -0.15) is 0 Å². The number of hydrogen-bond donors (Lipinski definition) is 0. The van der Waals surface area contributed by atoms with Gasteiger partial charge in [0.25, 0.3) is 0 Å². The number of halogens is 2. The van der Waals surface area contributed by atoms with Crippen molar-refractivity contribution in [2.45, 2.75) is 0 Å². The summed E-state index contributed by atoms with van der Waals surface area (Å²) in [6.45, 7) is 0. The van der Waals surface area contributed by atoms with Gasteiger partial charge in [-0.1, -0.05) is 0 Å². The van der Waals surface area contributed by atoms with Crippen LogP contribution in [0.1, 0.15) is 9.75 Å². The summed E-state index contributed by atoms with van der Waals surface area (Å²) < 4.78 is 5.44. The summed E-state index contributed by atoms with van der Waals surface area (Å²) >= 11 is 11.2. The second kappa shape index (κ2) is 4.13. The molecule has 1 aliphatic heterocycles. The van der Waals surface area contributed by atoms with Gasteiger partial charge in [0, 0.05) is 0 Å². The summed E-state index contributed by atoms with van der Waals surface area (Å²) in [5.41, 5.74) is 0. The van der Waals surface area contributed by atoms with E-state index in [0.29, 0.717) is 15.0 Å². The third kappa shape index (κ3) is 2.06. The van der Waals surface area contributed by atoms with Crippen molar-refractivity contribution in [3.8, 4) is 0 Å². The molecule has 2 aromatic heterocycles. The van der Waals surface area contributed by atoms with Crippen molar-refractivity contribution in [2.24, 2.45) is 0 Å². The molecule has 0 unspecified atom stereocenters. The SMILES string of the molecule is Brc1cc2c(s1)C=Cc1sc(Br)cc1[Se]2. The van der Waals surface area contributed by atoms with Gasteiger partial charge in [-0.05, 0) is 0 Å². The van der Waals surface area contributed by atoms with E-state index < -0.39 is 0 Å². The third-order valence-electron chi connectivity index (χ3n) is 2.00. The Morgan fingerprint density at radius 3 is 1.80 bits per heavy atom. The molecule has 0 bridgehead atoms. The van der Waals surface area contributed by atoms with Gasteiger partial charge >= 0.3 is 120 Å². The van der Waals surface area contributed by atoms with Crippen molar-refractivity contribution in [3.63, 3.8) is 0 Å². The molecule has 0 N–H and O–H groups in total. The van der Waals surface area contributed by atoms with Crippen molar-refractivity contribution in [2.75, 3.05) is 0 Å². The van der Waals surface area contributed by atoms with Gasteiger partial charge in [0.2, 0.25) is 0 Å². The predicted molar refractivity (Wildman–Crippen MR) is 78.0 cm³/mol. The van der Waals surface area contributed by atoms with Gasteiger partial charge in [-0.25, -0.2) is 0 Å². The van der Waals surface area contributed by atoms with Crippen LogP contribution in [0.25, 0.3) is 12.2 Å². The average Bonchev–Trinajstić information content (AvgIpc) is 2.65. The standard InChI is InChI=1S/C10H4Br2S2Se/c11-9-3-7-5(13-9)1-2-6-8(15-7)4-10(12)14-6/h1-4H. The first-order chi connectivity index (χ1) is 7.22. The normalized spacial score (nSPS) is 13.5. The molecule has 0 atom stereocenters. The van der Waals surface area contributed by atoms with Gasteiger partial charge in [0.1, 0.15) is 0 Å². The summed E-state index contributed by atoms with van der Waals surface area (Å²) in [5, 5.41) is 0. The average molecular weight is 427 g/mol. The van der Waals surface area contributed by atoms with E-state index in [1.807, 2.05) is 22.7 Å². The number of rotatable bonds is 0. The molecular formula is C10H4Br2S2Se. The molecule has 0 amide bonds. The van der Waals surface area contributed by atoms with Crippen LogP contribution in [0.4, 0.5) is 0 Å². The van der Waals surface area contributed by atoms with Crippen LogP contribution in [0.15, 0.2) is 19.7 Å². The van der Waals surface area contributed by atoms with E-state index in [4.69, 9.17) is 0 Å². The van der Waals surface area contributed by atoms with Crippen LogP contribution in [-0.4, -0.2) is 15.0 Å². The number of fused-ring (bicyclic) bond motifs is 2. The molecule has 1 aliphatic rings. The molecule has 5 heteroatoms. The Balaban J connectivity index is 2.15. The topological polar surface area (TPSA) is 0 Å². The van der Waals surface area contributed by atoms with Gasteiger partial charge in [-0.3, -0.25) is 0 Å². The predicted octanol–water partition coefficient (Wildman–Crippen LogP) is 3.47. The van der Waals surface area contributed by atoms with E-state index in [0.717, 1.165) is 0 Å². The number of hydrogen-bond acceptors (Lipinski definition) is 2. The molecular weight excluding hydrogens is 423 g/mol. The number of thiophene rings is 2. The monoisotopic (exact) mass is 426 g/mol. The van der Waals surface area contributed by atoms with Crippen LogP contribution in [0.2, 0.25) is 0 Å². The first-order valence-corrected chi connectivity index (χ1v) is 9.10. The minimum atomic E-state index is 0.444. The Labute approximate surface area is 119 Å². The van der Waals surface area contributed by atoms with Crippen molar-refractivity contribution < 1.29 is 0 Å². The van der Waals surface area contributed by atoms with Crippen molar-refractivity contribution in [3.05, 3.63) is 29.5 Å². The fourth-order valence-electron chi connectivity index (χ4n) is 1.38. The van der Waals surface area contributed by atoms with Crippen molar-refractivity contribution >= 4 is 90.6 Å². The van der Waals surface area contributed by atoms with E-state index in [1.54, 1.807) is 0 Å². The van der Waals surface area contributed by atoms with Gasteiger partial charge < -0.3 is 0 Å². The fourth-order valence-corrected chi connectivity index (χ4v) is 8.17. The Hall–Kier alpha value is 0.619. The molecule has 2 aromatic rings. The second-order valence-corrected chi connectivity index (χ2v) is 10.2. The van der Waals surface area contributed by atoms with Crippen LogP contribution in [0.5, 0.6) is 0 Å². The molecule has 0 spiro atoms. The molecule has 0 fully saturated rings. The molecule has 15 heavy (non-hydrogen) atoms. The molecule has 0 saturated heterocycles. The first-order valence-electron chi connectivity index (χ1n) is 4.17. The van der Waals surface area contributed by atoms with E-state index in [9.17, 15) is 0 Å². The van der Waals surface area contributed by atoms with E-state index in [1.165, 1.54) is 26.3 Å². The van der Waals surface area contributed by atoms with Crippen LogP contribution in [-0.2, 0) is 0 Å². The van der Waals surface area contributed by atoms with Crippen molar-refractivity contribution in [1.29, 1.82) is 0 Å². The van der Waals surface area contributed by atoms with Crippen LogP contribution >= 0.6 is 54.5 Å². The summed E-state index contributed by atoms with van der Waals surface area (Å²) in [6.07, 6.45) is 4.47. The van der Waals surface area contributed by atoms with Crippen LogP contribution in [0, 0.1) is 0 Å². The molecule has 0 saturated carbocycles. The molecule has 76 valence electrons. The Morgan fingerprint density at radius 2 is 1.33 bits per heavy atom. The van der Waals surface area contributed by atoms with E-state index in [-0.39, 0.29) is 0 Å². The quantitative estimate of drug-likeness (QED) is 0.483. The summed E-state index contributed by atoms with van der Waals surface area (Å²) in [7, 11) is 0. The molecule has 0 radical (unpaired) electrons. The first kappa shape index (κ1) is 10.8. The third-order valence-corrected chi connectivity index (χ3v) is 8.13. The molecule has 3 heterocycles. The maximum atomic E-state index is 3.55. The van der Waals surface area contributed by atoms with E-state index in [2.05, 4.69) is 56.1 Å². The van der Waals surface area contributed by atoms with Gasteiger partial charge in [0.15, 0.2) is 0 Å². The molecule has 0 aliphatic carbocycles. The Bertz CT molecular complexity index is 506. The molecule has 0 nitrogen and oxygen atoms in total. The zero-order valence-corrected chi connectivity index (χ0v) is 13.8. The van der Waals surface area contributed by atoms with Gasteiger partial charge in [0.05, 0.1) is 0 Å². The summed E-state index contributed by atoms with van der Waals surface area (Å²) in [6, 6.07) is 4.51. The zero-order valence-electron chi connectivity index (χ0n) is 7.29. The summed E-state index contributed by atoms with van der Waals surface area (Å²) in [5.74, 6) is 0. The zero-order chi connectivity index (χ0) is 10.4. The molecule has 0 aromatic carbocycles. The van der Waals surface area contributed by atoms with Crippen LogP contribution in [0.3, 0.4) is 0 Å². The van der Waals surface area contributed by atoms with E-state index >= 15 is 0 Å². The Morgan fingerprint density at radius 1 is 0.867 bits per heavy atom. The summed E-state index contributed by atoms with van der Waals surface area (Å²) in [4.78, 5) is 2.81. The minimum absolute atomic E-state index is 0.444.